The fourth-order valence-electron chi connectivity index (χ4n) is 2.29. The molecule has 104 valence electrons. The lowest BCUT2D eigenvalue weighted by atomic mass is 10.2. The van der Waals surface area contributed by atoms with Crippen LogP contribution in [-0.2, 0) is 6.61 Å². The first-order chi connectivity index (χ1) is 9.19. The number of hydrogen-bond acceptors (Lipinski definition) is 2. The van der Waals surface area contributed by atoms with E-state index in [1.165, 1.54) is 12.1 Å². The topological polar surface area (TPSA) is 38.1 Å². The Morgan fingerprint density at radius 1 is 1.20 bits per heavy atom. The van der Waals surface area contributed by atoms with Gasteiger partial charge in [0.2, 0.25) is 0 Å². The van der Waals surface area contributed by atoms with Crippen LogP contribution in [0, 0.1) is 12.7 Å². The molecule has 2 aromatic carbocycles. The molecular weight excluding hydrogens is 279 g/mol. The molecule has 0 amide bonds. The predicted molar refractivity (Wildman–Crippen MR) is 78.9 cm³/mol. The predicted octanol–water partition coefficient (Wildman–Crippen LogP) is 3.39. The standard InChI is InChI=1S/C15H13FN2O.ClH/c1-10-17-14-7-11(9-19)5-6-15(14)18(10)13-4-2-3-12(16)8-13;/h2-8,19H,9H2,1H3;1H. The Bertz CT molecular complexity index is 755. The van der Waals surface area contributed by atoms with Crippen molar-refractivity contribution in [1.29, 1.82) is 0 Å². The van der Waals surface area contributed by atoms with Gasteiger partial charge in [0.15, 0.2) is 0 Å². The monoisotopic (exact) mass is 292 g/mol. The molecule has 0 radical (unpaired) electrons. The lowest BCUT2D eigenvalue weighted by Gasteiger charge is -2.07. The van der Waals surface area contributed by atoms with E-state index in [4.69, 9.17) is 5.11 Å². The van der Waals surface area contributed by atoms with E-state index in [1.54, 1.807) is 6.07 Å². The Morgan fingerprint density at radius 2 is 2.00 bits per heavy atom. The van der Waals surface area contributed by atoms with Gasteiger partial charge in [-0.1, -0.05) is 12.1 Å². The third-order valence-corrected chi connectivity index (χ3v) is 3.14. The minimum absolute atomic E-state index is 0. The summed E-state index contributed by atoms with van der Waals surface area (Å²) in [6, 6.07) is 12.0. The second kappa shape index (κ2) is 5.61. The summed E-state index contributed by atoms with van der Waals surface area (Å²) in [5, 5.41) is 9.14. The number of rotatable bonds is 2. The summed E-state index contributed by atoms with van der Waals surface area (Å²) in [7, 11) is 0. The molecule has 0 spiro atoms. The zero-order valence-corrected chi connectivity index (χ0v) is 11.7. The van der Waals surface area contributed by atoms with Gasteiger partial charge in [-0.2, -0.15) is 0 Å². The third kappa shape index (κ3) is 2.40. The number of nitrogens with zero attached hydrogens (tertiary/aromatic N) is 2. The quantitative estimate of drug-likeness (QED) is 0.786. The number of fused-ring (bicyclic) bond motifs is 1. The number of aliphatic hydroxyl groups excluding tert-OH is 1. The SMILES string of the molecule is Cc1nc2cc(CO)ccc2n1-c1cccc(F)c1.Cl. The number of hydrogen-bond donors (Lipinski definition) is 1. The molecule has 0 aliphatic carbocycles. The van der Waals surface area contributed by atoms with Crippen LogP contribution in [0.4, 0.5) is 4.39 Å². The van der Waals surface area contributed by atoms with E-state index in [-0.39, 0.29) is 24.8 Å². The van der Waals surface area contributed by atoms with Gasteiger partial charge in [0, 0.05) is 0 Å². The van der Waals surface area contributed by atoms with E-state index in [2.05, 4.69) is 4.98 Å². The summed E-state index contributed by atoms with van der Waals surface area (Å²) in [6.07, 6.45) is 0. The van der Waals surface area contributed by atoms with Crippen molar-refractivity contribution in [3.05, 3.63) is 59.7 Å². The molecule has 3 rings (SSSR count). The largest absolute Gasteiger partial charge is 0.392 e. The maximum absolute atomic E-state index is 13.3. The molecule has 0 aliphatic rings. The zero-order valence-electron chi connectivity index (χ0n) is 10.9. The van der Waals surface area contributed by atoms with Gasteiger partial charge >= 0.3 is 0 Å². The van der Waals surface area contributed by atoms with Gasteiger partial charge in [-0.3, -0.25) is 4.57 Å². The van der Waals surface area contributed by atoms with Crippen LogP contribution in [0.2, 0.25) is 0 Å². The molecule has 0 bridgehead atoms. The highest BCUT2D eigenvalue weighted by Crippen LogP contribution is 2.22. The van der Waals surface area contributed by atoms with Gasteiger partial charge < -0.3 is 5.11 Å². The molecule has 5 heteroatoms. The van der Waals surface area contributed by atoms with E-state index >= 15 is 0 Å². The van der Waals surface area contributed by atoms with Crippen LogP contribution in [0.1, 0.15) is 11.4 Å². The van der Waals surface area contributed by atoms with Crippen molar-refractivity contribution in [1.82, 2.24) is 9.55 Å². The normalized spacial score (nSPS) is 10.6. The van der Waals surface area contributed by atoms with Crippen LogP contribution < -0.4 is 0 Å². The van der Waals surface area contributed by atoms with Crippen molar-refractivity contribution < 1.29 is 9.50 Å². The van der Waals surface area contributed by atoms with E-state index in [9.17, 15) is 4.39 Å². The fourth-order valence-corrected chi connectivity index (χ4v) is 2.29. The van der Waals surface area contributed by atoms with Gasteiger partial charge in [-0.25, -0.2) is 9.37 Å². The minimum Gasteiger partial charge on any atom is -0.392 e. The Hall–Kier alpha value is -1.91. The molecule has 0 aliphatic heterocycles. The molecule has 1 aromatic heterocycles. The second-order valence-corrected chi connectivity index (χ2v) is 4.46. The third-order valence-electron chi connectivity index (χ3n) is 3.14. The van der Waals surface area contributed by atoms with Crippen LogP contribution in [0.3, 0.4) is 0 Å². The van der Waals surface area contributed by atoms with E-state index < -0.39 is 0 Å². The van der Waals surface area contributed by atoms with Crippen LogP contribution >= 0.6 is 12.4 Å². The highest BCUT2D eigenvalue weighted by atomic mass is 35.5. The highest BCUT2D eigenvalue weighted by Gasteiger charge is 2.10. The Balaban J connectivity index is 0.00000147. The second-order valence-electron chi connectivity index (χ2n) is 4.46. The first-order valence-corrected chi connectivity index (χ1v) is 6.04. The zero-order chi connectivity index (χ0) is 13.4. The van der Waals surface area contributed by atoms with Crippen molar-refractivity contribution in [2.24, 2.45) is 0 Å². The number of imidazole rings is 1. The fraction of sp³-hybridized carbons (Fsp3) is 0.133. The van der Waals surface area contributed by atoms with Crippen LogP contribution in [0.5, 0.6) is 0 Å². The van der Waals surface area contributed by atoms with Crippen LogP contribution in [0.25, 0.3) is 16.7 Å². The molecule has 20 heavy (non-hydrogen) atoms. The van der Waals surface area contributed by atoms with E-state index in [1.807, 2.05) is 35.8 Å². The number of aliphatic hydroxyl groups is 1. The maximum Gasteiger partial charge on any atom is 0.125 e. The Labute approximate surface area is 122 Å². The van der Waals surface area contributed by atoms with Crippen molar-refractivity contribution in [3.8, 4) is 5.69 Å². The lowest BCUT2D eigenvalue weighted by Crippen LogP contribution is -1.97. The number of benzene rings is 2. The highest BCUT2D eigenvalue weighted by molar-refractivity contribution is 5.85. The Morgan fingerprint density at radius 3 is 2.70 bits per heavy atom. The number of aryl methyl sites for hydroxylation is 1. The number of aromatic nitrogens is 2. The lowest BCUT2D eigenvalue weighted by molar-refractivity contribution is 0.282. The Kier molecular flexibility index (Phi) is 4.06. The average Bonchev–Trinajstić information content (AvgIpc) is 2.73. The van der Waals surface area contributed by atoms with Crippen molar-refractivity contribution in [2.75, 3.05) is 0 Å². The van der Waals surface area contributed by atoms with Crippen molar-refractivity contribution in [3.63, 3.8) is 0 Å². The van der Waals surface area contributed by atoms with Crippen LogP contribution in [0.15, 0.2) is 42.5 Å². The van der Waals surface area contributed by atoms with E-state index in [0.29, 0.717) is 0 Å². The summed E-state index contributed by atoms with van der Waals surface area (Å²) < 4.78 is 15.2. The summed E-state index contributed by atoms with van der Waals surface area (Å²) >= 11 is 0. The van der Waals surface area contributed by atoms with Gasteiger partial charge in [0.25, 0.3) is 0 Å². The molecule has 0 unspecified atom stereocenters. The molecule has 0 saturated carbocycles. The van der Waals surface area contributed by atoms with Gasteiger partial charge in [0.1, 0.15) is 11.6 Å². The summed E-state index contributed by atoms with van der Waals surface area (Å²) in [5.41, 5.74) is 3.27. The van der Waals surface area contributed by atoms with Gasteiger partial charge in [-0.15, -0.1) is 12.4 Å². The van der Waals surface area contributed by atoms with Gasteiger partial charge in [0.05, 0.1) is 23.3 Å². The molecule has 0 fully saturated rings. The molecule has 0 atom stereocenters. The molecule has 1 heterocycles. The summed E-state index contributed by atoms with van der Waals surface area (Å²) in [5.74, 6) is 0.515. The average molecular weight is 293 g/mol. The smallest absolute Gasteiger partial charge is 0.125 e. The first kappa shape index (κ1) is 14.5. The van der Waals surface area contributed by atoms with Gasteiger partial charge in [-0.05, 0) is 42.8 Å². The molecule has 3 aromatic rings. The first-order valence-electron chi connectivity index (χ1n) is 6.04. The van der Waals surface area contributed by atoms with Crippen molar-refractivity contribution in [2.45, 2.75) is 13.5 Å². The maximum atomic E-state index is 13.3. The molecular formula is C15H14ClFN2O. The van der Waals surface area contributed by atoms with Crippen molar-refractivity contribution >= 4 is 23.4 Å². The van der Waals surface area contributed by atoms with Crippen LogP contribution in [-0.4, -0.2) is 14.7 Å². The summed E-state index contributed by atoms with van der Waals surface area (Å²) in [6.45, 7) is 1.87. The molecule has 1 N–H and O–H groups in total. The summed E-state index contributed by atoms with van der Waals surface area (Å²) in [4.78, 5) is 4.46. The number of halogens is 2. The van der Waals surface area contributed by atoms with E-state index in [0.717, 1.165) is 28.1 Å². The molecule has 3 nitrogen and oxygen atoms in total. The minimum atomic E-state index is -0.272. The molecule has 0 saturated heterocycles.